The van der Waals surface area contributed by atoms with Crippen molar-refractivity contribution in [2.45, 2.75) is 25.2 Å². The predicted molar refractivity (Wildman–Crippen MR) is 129 cm³/mol. The highest BCUT2D eigenvalue weighted by atomic mass is 32.2. The van der Waals surface area contributed by atoms with E-state index in [1.54, 1.807) is 26.0 Å². The summed E-state index contributed by atoms with van der Waals surface area (Å²) in [5.74, 6) is 0.457. The summed E-state index contributed by atoms with van der Waals surface area (Å²) in [7, 11) is -6.98. The third-order valence-corrected chi connectivity index (χ3v) is 9.52. The van der Waals surface area contributed by atoms with Gasteiger partial charge in [-0.15, -0.1) is 0 Å². The first kappa shape index (κ1) is 23.9. The Morgan fingerprint density at radius 3 is 2.45 bits per heavy atom. The zero-order valence-corrected chi connectivity index (χ0v) is 20.8. The minimum atomic E-state index is -3.80. The standard InChI is InChI=1S/C22H25N2O6PS2/c1-3-29-31(25,30-4-2)14-13-28-17-9-11-18(12-10-17)33(26,27)24-22-23-20-15-16-7-5-6-8-19(16)21(20)32-22/h5-12H,3-4,13-15H2,1-2H3,(H,23,24). The fourth-order valence-electron chi connectivity index (χ4n) is 3.53. The molecule has 33 heavy (non-hydrogen) atoms. The van der Waals surface area contributed by atoms with Gasteiger partial charge in [0.1, 0.15) is 5.75 Å². The number of fused-ring (bicyclic) bond motifs is 3. The lowest BCUT2D eigenvalue weighted by Gasteiger charge is -2.17. The third kappa shape index (κ3) is 5.47. The zero-order valence-electron chi connectivity index (χ0n) is 18.3. The van der Waals surface area contributed by atoms with Crippen LogP contribution in [-0.4, -0.2) is 39.4 Å². The minimum Gasteiger partial charge on any atom is -0.493 e. The number of thiazole rings is 1. The lowest BCUT2D eigenvalue weighted by atomic mass is 10.1. The molecule has 0 spiro atoms. The molecule has 0 atom stereocenters. The Balaban J connectivity index is 1.38. The molecule has 1 aliphatic carbocycles. The molecule has 0 fully saturated rings. The molecule has 1 aromatic heterocycles. The van der Waals surface area contributed by atoms with Crippen LogP contribution >= 0.6 is 18.9 Å². The molecule has 176 valence electrons. The molecular formula is C22H25N2O6PS2. The highest BCUT2D eigenvalue weighted by Crippen LogP contribution is 2.47. The molecule has 0 unspecified atom stereocenters. The summed E-state index contributed by atoms with van der Waals surface area (Å²) < 4.78 is 56.7. The minimum absolute atomic E-state index is 0.0971. The van der Waals surface area contributed by atoms with Crippen molar-refractivity contribution >= 4 is 34.1 Å². The second-order valence-corrected chi connectivity index (χ2v) is 12.1. The van der Waals surface area contributed by atoms with Gasteiger partial charge in [-0.1, -0.05) is 35.6 Å². The van der Waals surface area contributed by atoms with Crippen LogP contribution in [0.2, 0.25) is 0 Å². The van der Waals surface area contributed by atoms with E-state index in [2.05, 4.69) is 15.8 Å². The molecule has 0 amide bonds. The van der Waals surface area contributed by atoms with E-state index >= 15 is 0 Å². The monoisotopic (exact) mass is 508 g/mol. The molecule has 8 nitrogen and oxygen atoms in total. The summed E-state index contributed by atoms with van der Waals surface area (Å²) in [4.78, 5) is 5.58. The summed E-state index contributed by atoms with van der Waals surface area (Å²) in [5, 5.41) is 0.345. The van der Waals surface area contributed by atoms with Gasteiger partial charge in [0.2, 0.25) is 0 Å². The van der Waals surface area contributed by atoms with Crippen LogP contribution in [0, 0.1) is 0 Å². The number of aromatic nitrogens is 1. The first-order valence-electron chi connectivity index (χ1n) is 10.6. The number of benzene rings is 2. The van der Waals surface area contributed by atoms with E-state index in [0.29, 0.717) is 17.3 Å². The smallest absolute Gasteiger partial charge is 0.334 e. The van der Waals surface area contributed by atoms with E-state index in [-0.39, 0.29) is 30.9 Å². The number of rotatable bonds is 11. The van der Waals surface area contributed by atoms with Gasteiger partial charge in [0.25, 0.3) is 10.0 Å². The lowest BCUT2D eigenvalue weighted by molar-refractivity contribution is 0.213. The Morgan fingerprint density at radius 1 is 1.06 bits per heavy atom. The topological polar surface area (TPSA) is 104 Å². The molecule has 0 bridgehead atoms. The second kappa shape index (κ2) is 9.95. The largest absolute Gasteiger partial charge is 0.493 e. The summed E-state index contributed by atoms with van der Waals surface area (Å²) in [6, 6.07) is 14.1. The van der Waals surface area contributed by atoms with Crippen molar-refractivity contribution < 1.29 is 26.8 Å². The molecule has 0 saturated carbocycles. The average molecular weight is 509 g/mol. The van der Waals surface area contributed by atoms with E-state index in [1.165, 1.54) is 29.0 Å². The van der Waals surface area contributed by atoms with Crippen molar-refractivity contribution in [1.29, 1.82) is 0 Å². The molecule has 11 heteroatoms. The van der Waals surface area contributed by atoms with Crippen LogP contribution in [0.15, 0.2) is 53.4 Å². The maximum Gasteiger partial charge on any atom is 0.334 e. The first-order valence-corrected chi connectivity index (χ1v) is 14.6. The molecule has 4 rings (SSSR count). The van der Waals surface area contributed by atoms with Gasteiger partial charge in [-0.2, -0.15) is 0 Å². The van der Waals surface area contributed by atoms with E-state index in [1.807, 2.05) is 18.2 Å². The SMILES string of the molecule is CCOP(=O)(CCOc1ccc(S(=O)(=O)Nc2nc3c(s2)-c2ccccc2C3)cc1)OCC. The maximum atomic E-state index is 12.8. The number of nitrogens with one attached hydrogen (secondary N) is 1. The van der Waals surface area contributed by atoms with E-state index in [0.717, 1.165) is 16.1 Å². The van der Waals surface area contributed by atoms with Crippen molar-refractivity contribution in [3.05, 3.63) is 59.8 Å². The molecule has 2 aromatic carbocycles. The molecule has 0 saturated heterocycles. The van der Waals surface area contributed by atoms with E-state index < -0.39 is 17.6 Å². The van der Waals surface area contributed by atoms with Gasteiger partial charge in [-0.3, -0.25) is 9.29 Å². The van der Waals surface area contributed by atoms with Gasteiger partial charge in [0.15, 0.2) is 5.13 Å². The van der Waals surface area contributed by atoms with Gasteiger partial charge in [0.05, 0.1) is 41.4 Å². The summed E-state index contributed by atoms with van der Waals surface area (Å²) in [6.45, 7) is 4.18. The Kier molecular flexibility index (Phi) is 7.21. The Bertz CT molecular complexity index is 1260. The highest BCUT2D eigenvalue weighted by Gasteiger charge is 2.25. The summed E-state index contributed by atoms with van der Waals surface area (Å²) in [5.41, 5.74) is 3.20. The fourth-order valence-corrected chi connectivity index (χ4v) is 7.24. The maximum absolute atomic E-state index is 12.8. The lowest BCUT2D eigenvalue weighted by Crippen LogP contribution is -2.13. The normalized spacial score (nSPS) is 12.9. The van der Waals surface area contributed by atoms with E-state index in [4.69, 9.17) is 13.8 Å². The van der Waals surface area contributed by atoms with Gasteiger partial charge >= 0.3 is 7.60 Å². The van der Waals surface area contributed by atoms with Gasteiger partial charge in [0, 0.05) is 6.42 Å². The Morgan fingerprint density at radius 2 is 1.76 bits per heavy atom. The van der Waals surface area contributed by atoms with Crippen molar-refractivity contribution in [3.8, 4) is 16.2 Å². The van der Waals surface area contributed by atoms with Crippen molar-refractivity contribution in [2.24, 2.45) is 0 Å². The van der Waals surface area contributed by atoms with Crippen LogP contribution in [0.3, 0.4) is 0 Å². The number of hydrogen-bond acceptors (Lipinski definition) is 8. The predicted octanol–water partition coefficient (Wildman–Crippen LogP) is 5.16. The molecule has 3 aromatic rings. The molecule has 1 aliphatic rings. The summed E-state index contributed by atoms with van der Waals surface area (Å²) in [6.07, 6.45) is 0.809. The van der Waals surface area contributed by atoms with Crippen molar-refractivity contribution in [2.75, 3.05) is 30.7 Å². The molecule has 1 N–H and O–H groups in total. The highest BCUT2D eigenvalue weighted by molar-refractivity contribution is 7.93. The van der Waals surface area contributed by atoms with Crippen molar-refractivity contribution in [3.63, 3.8) is 0 Å². The number of ether oxygens (including phenoxy) is 1. The summed E-state index contributed by atoms with van der Waals surface area (Å²) >= 11 is 1.33. The zero-order chi connectivity index (χ0) is 23.5. The number of nitrogens with zero attached hydrogens (tertiary/aromatic N) is 1. The van der Waals surface area contributed by atoms with Crippen LogP contribution in [0.4, 0.5) is 5.13 Å². The molecule has 0 radical (unpaired) electrons. The number of sulfonamides is 1. The van der Waals surface area contributed by atoms with Gasteiger partial charge in [-0.05, 0) is 49.2 Å². The van der Waals surface area contributed by atoms with Crippen LogP contribution in [-0.2, 0) is 30.1 Å². The van der Waals surface area contributed by atoms with Gasteiger partial charge in [-0.25, -0.2) is 13.4 Å². The Hall–Kier alpha value is -2.23. The molecular weight excluding hydrogens is 483 g/mol. The third-order valence-electron chi connectivity index (χ3n) is 4.96. The quantitative estimate of drug-likeness (QED) is 0.279. The Labute approximate surface area is 197 Å². The second-order valence-electron chi connectivity index (χ2n) is 7.22. The molecule has 0 aliphatic heterocycles. The van der Waals surface area contributed by atoms with Gasteiger partial charge < -0.3 is 13.8 Å². The number of hydrogen-bond donors (Lipinski definition) is 1. The van der Waals surface area contributed by atoms with Crippen LogP contribution in [0.5, 0.6) is 5.75 Å². The van der Waals surface area contributed by atoms with Crippen molar-refractivity contribution in [1.82, 2.24) is 4.98 Å². The van der Waals surface area contributed by atoms with E-state index in [9.17, 15) is 13.0 Å². The fraction of sp³-hybridized carbons (Fsp3) is 0.318. The molecule has 1 heterocycles. The van der Waals surface area contributed by atoms with Crippen LogP contribution in [0.25, 0.3) is 10.4 Å². The van der Waals surface area contributed by atoms with Crippen LogP contribution < -0.4 is 9.46 Å². The first-order chi connectivity index (χ1) is 15.8. The number of anilines is 1. The average Bonchev–Trinajstić information content (AvgIpc) is 3.31. The van der Waals surface area contributed by atoms with Crippen LogP contribution in [0.1, 0.15) is 25.1 Å².